The molecule has 0 spiro atoms. The standard InChI is InChI=1S/C30H48N6O4/c1-6-8-16-30(24-11-10-18-35(21-24)28(39)40-29(3,4)5)25(37)36(26(31)34-30)20-23-14-12-22(13-15-23)19-33-27(38)32-17-9-7-2/h12-15,24H,6-11,16-21H2,1-5H3,(H2,31,34)(H2,32,33,38). The number of guanidine groups is 1. The Labute approximate surface area is 239 Å². The Balaban J connectivity index is 1.68. The van der Waals surface area contributed by atoms with Crippen LogP contribution < -0.4 is 16.4 Å². The predicted octanol–water partition coefficient (Wildman–Crippen LogP) is 4.52. The summed E-state index contributed by atoms with van der Waals surface area (Å²) in [7, 11) is 0. The second-order valence-electron chi connectivity index (χ2n) is 11.9. The number of aliphatic imine (C=N–C) groups is 1. The second-order valence-corrected chi connectivity index (χ2v) is 11.9. The number of nitrogens with zero attached hydrogens (tertiary/aromatic N) is 3. The van der Waals surface area contributed by atoms with Gasteiger partial charge in [-0.3, -0.25) is 9.69 Å². The number of urea groups is 1. The average Bonchev–Trinajstić information content (AvgIpc) is 3.16. The number of benzene rings is 1. The van der Waals surface area contributed by atoms with Gasteiger partial charge in [-0.1, -0.05) is 57.4 Å². The molecule has 0 aliphatic carbocycles. The van der Waals surface area contributed by atoms with Crippen LogP contribution in [0, 0.1) is 5.92 Å². The van der Waals surface area contributed by atoms with E-state index in [1.807, 2.05) is 45.0 Å². The van der Waals surface area contributed by atoms with E-state index < -0.39 is 11.1 Å². The number of likely N-dealkylation sites (tertiary alicyclic amines) is 1. The molecule has 3 rings (SSSR count). The van der Waals surface area contributed by atoms with Gasteiger partial charge in [0, 0.05) is 32.1 Å². The fraction of sp³-hybridized carbons (Fsp3) is 0.667. The molecule has 2 aliphatic rings. The molecule has 1 aromatic carbocycles. The monoisotopic (exact) mass is 556 g/mol. The molecule has 222 valence electrons. The van der Waals surface area contributed by atoms with Gasteiger partial charge in [0.15, 0.2) is 5.96 Å². The molecule has 0 aromatic heterocycles. The van der Waals surface area contributed by atoms with Gasteiger partial charge in [-0.25, -0.2) is 14.6 Å². The van der Waals surface area contributed by atoms with Crippen molar-refractivity contribution in [2.75, 3.05) is 19.6 Å². The molecule has 2 heterocycles. The van der Waals surface area contributed by atoms with Gasteiger partial charge in [0.1, 0.15) is 11.1 Å². The van der Waals surface area contributed by atoms with Crippen molar-refractivity contribution in [1.82, 2.24) is 20.4 Å². The van der Waals surface area contributed by atoms with Crippen molar-refractivity contribution >= 4 is 24.0 Å². The van der Waals surface area contributed by atoms with Crippen LogP contribution in [-0.4, -0.2) is 64.6 Å². The third kappa shape index (κ3) is 8.11. The van der Waals surface area contributed by atoms with Crippen molar-refractivity contribution < 1.29 is 19.1 Å². The highest BCUT2D eigenvalue weighted by Crippen LogP contribution is 2.40. The Bertz CT molecular complexity index is 1050. The normalized spacial score (nSPS) is 21.3. The number of rotatable bonds is 11. The molecule has 0 saturated carbocycles. The van der Waals surface area contributed by atoms with Crippen LogP contribution in [0.25, 0.3) is 0 Å². The van der Waals surface area contributed by atoms with Crippen molar-refractivity contribution in [3.8, 4) is 0 Å². The van der Waals surface area contributed by atoms with Gasteiger partial charge < -0.3 is 26.0 Å². The summed E-state index contributed by atoms with van der Waals surface area (Å²) in [6.07, 6.45) is 5.58. The lowest BCUT2D eigenvalue weighted by Crippen LogP contribution is -2.54. The summed E-state index contributed by atoms with van der Waals surface area (Å²) in [5.74, 6) is 0.00209. The molecular formula is C30H48N6O4. The third-order valence-corrected chi connectivity index (χ3v) is 7.50. The van der Waals surface area contributed by atoms with Crippen molar-refractivity contribution in [2.24, 2.45) is 16.6 Å². The summed E-state index contributed by atoms with van der Waals surface area (Å²) in [5.41, 5.74) is 6.73. The zero-order valence-electron chi connectivity index (χ0n) is 24.9. The highest BCUT2D eigenvalue weighted by molar-refractivity contribution is 6.07. The number of amides is 4. The van der Waals surface area contributed by atoms with Gasteiger partial charge in [0.2, 0.25) is 0 Å². The number of piperidine rings is 1. The molecular weight excluding hydrogens is 508 g/mol. The highest BCUT2D eigenvalue weighted by Gasteiger charge is 2.53. The van der Waals surface area contributed by atoms with Crippen molar-refractivity contribution in [2.45, 2.75) is 104 Å². The van der Waals surface area contributed by atoms with Gasteiger partial charge in [-0.2, -0.15) is 0 Å². The van der Waals surface area contributed by atoms with Crippen LogP contribution in [-0.2, 0) is 22.6 Å². The molecule has 10 nitrogen and oxygen atoms in total. The smallest absolute Gasteiger partial charge is 0.410 e. The maximum absolute atomic E-state index is 14.0. The summed E-state index contributed by atoms with van der Waals surface area (Å²) >= 11 is 0. The molecule has 10 heteroatoms. The lowest BCUT2D eigenvalue weighted by Gasteiger charge is -2.41. The zero-order valence-corrected chi connectivity index (χ0v) is 24.9. The van der Waals surface area contributed by atoms with Crippen LogP contribution in [0.4, 0.5) is 9.59 Å². The van der Waals surface area contributed by atoms with E-state index in [0.29, 0.717) is 39.1 Å². The van der Waals surface area contributed by atoms with E-state index in [4.69, 9.17) is 15.5 Å². The predicted molar refractivity (Wildman–Crippen MR) is 157 cm³/mol. The van der Waals surface area contributed by atoms with Gasteiger partial charge in [0.25, 0.3) is 5.91 Å². The first-order chi connectivity index (χ1) is 19.0. The summed E-state index contributed by atoms with van der Waals surface area (Å²) in [5, 5.41) is 5.71. The number of nitrogens with two attached hydrogens (primary N) is 1. The number of nitrogens with one attached hydrogen (secondary N) is 2. The first-order valence-electron chi connectivity index (χ1n) is 14.7. The number of ether oxygens (including phenoxy) is 1. The first kappa shape index (κ1) is 31.2. The minimum Gasteiger partial charge on any atom is -0.444 e. The molecule has 0 bridgehead atoms. The Morgan fingerprint density at radius 1 is 1.10 bits per heavy atom. The van der Waals surface area contributed by atoms with Crippen LogP contribution in [0.15, 0.2) is 29.3 Å². The van der Waals surface area contributed by atoms with E-state index in [9.17, 15) is 14.4 Å². The van der Waals surface area contributed by atoms with Gasteiger partial charge >= 0.3 is 12.1 Å². The van der Waals surface area contributed by atoms with Crippen LogP contribution in [0.5, 0.6) is 0 Å². The molecule has 1 fully saturated rings. The SMILES string of the molecule is CCCCNC(=O)NCc1ccc(CN2C(=O)C(CCCC)(C3CCCN(C(=O)OC(C)(C)C)C3)N=C2N)cc1. The van der Waals surface area contributed by atoms with Gasteiger partial charge in [0.05, 0.1) is 6.54 Å². The summed E-state index contributed by atoms with van der Waals surface area (Å²) in [4.78, 5) is 46.9. The summed E-state index contributed by atoms with van der Waals surface area (Å²) in [6.45, 7) is 12.2. The maximum atomic E-state index is 14.0. The number of hydrogen-bond acceptors (Lipinski definition) is 6. The second kappa shape index (κ2) is 13.9. The summed E-state index contributed by atoms with van der Waals surface area (Å²) < 4.78 is 5.62. The Morgan fingerprint density at radius 2 is 1.77 bits per heavy atom. The van der Waals surface area contributed by atoms with E-state index in [2.05, 4.69) is 24.5 Å². The van der Waals surface area contributed by atoms with Crippen molar-refractivity contribution in [1.29, 1.82) is 0 Å². The molecule has 40 heavy (non-hydrogen) atoms. The maximum Gasteiger partial charge on any atom is 0.410 e. The van der Waals surface area contributed by atoms with E-state index in [0.717, 1.165) is 49.7 Å². The third-order valence-electron chi connectivity index (χ3n) is 7.50. The lowest BCUT2D eigenvalue weighted by molar-refractivity contribution is -0.134. The fourth-order valence-corrected chi connectivity index (χ4v) is 5.31. The molecule has 2 unspecified atom stereocenters. The quantitative estimate of drug-likeness (QED) is 0.345. The van der Waals surface area contributed by atoms with Crippen molar-refractivity contribution in [3.05, 3.63) is 35.4 Å². The number of carbonyl (C=O) groups is 3. The van der Waals surface area contributed by atoms with Crippen LogP contribution in [0.3, 0.4) is 0 Å². The molecule has 1 aromatic rings. The fourth-order valence-electron chi connectivity index (χ4n) is 5.31. The van der Waals surface area contributed by atoms with Gasteiger partial charge in [-0.15, -0.1) is 0 Å². The van der Waals surface area contributed by atoms with E-state index in [1.165, 1.54) is 0 Å². The average molecular weight is 557 g/mol. The molecule has 4 amide bonds. The van der Waals surface area contributed by atoms with E-state index in [1.54, 1.807) is 9.80 Å². The molecule has 0 radical (unpaired) electrons. The zero-order chi connectivity index (χ0) is 29.3. The first-order valence-corrected chi connectivity index (χ1v) is 14.7. The highest BCUT2D eigenvalue weighted by atomic mass is 16.6. The Kier molecular flexibility index (Phi) is 10.8. The topological polar surface area (TPSA) is 129 Å². The van der Waals surface area contributed by atoms with Crippen LogP contribution in [0.2, 0.25) is 0 Å². The number of unbranched alkanes of at least 4 members (excludes halogenated alkanes) is 2. The lowest BCUT2D eigenvalue weighted by atomic mass is 9.75. The minimum atomic E-state index is -0.976. The summed E-state index contributed by atoms with van der Waals surface area (Å²) in [6, 6.07) is 7.60. The number of hydrogen-bond donors (Lipinski definition) is 3. The van der Waals surface area contributed by atoms with Crippen LogP contribution >= 0.6 is 0 Å². The van der Waals surface area contributed by atoms with E-state index in [-0.39, 0.29) is 29.9 Å². The molecule has 2 atom stereocenters. The minimum absolute atomic E-state index is 0.0935. The number of carbonyl (C=O) groups excluding carboxylic acids is 3. The Morgan fingerprint density at radius 3 is 2.42 bits per heavy atom. The van der Waals surface area contributed by atoms with E-state index >= 15 is 0 Å². The van der Waals surface area contributed by atoms with Gasteiger partial charge in [-0.05, 0) is 57.6 Å². The molecule has 1 saturated heterocycles. The molecule has 2 aliphatic heterocycles. The molecule has 4 N–H and O–H groups in total. The van der Waals surface area contributed by atoms with Crippen molar-refractivity contribution in [3.63, 3.8) is 0 Å². The van der Waals surface area contributed by atoms with Crippen LogP contribution in [0.1, 0.15) is 90.7 Å². The Hall–Kier alpha value is -3.30. The largest absolute Gasteiger partial charge is 0.444 e.